The molecule has 2 aromatic rings. The van der Waals surface area contributed by atoms with Crippen LogP contribution in [0.25, 0.3) is 5.57 Å². The summed E-state index contributed by atoms with van der Waals surface area (Å²) in [5.74, 6) is 0.981. The zero-order chi connectivity index (χ0) is 16.6. The number of piperidine rings is 1. The van der Waals surface area contributed by atoms with Gasteiger partial charge in [-0.05, 0) is 12.5 Å². The number of hydrogen-bond donors (Lipinski definition) is 0. The van der Waals surface area contributed by atoms with Gasteiger partial charge >= 0.3 is 0 Å². The van der Waals surface area contributed by atoms with Crippen LogP contribution in [0.2, 0.25) is 0 Å². The van der Waals surface area contributed by atoms with Crippen molar-refractivity contribution in [1.29, 1.82) is 0 Å². The molecule has 0 radical (unpaired) electrons. The first kappa shape index (κ1) is 17.7. The van der Waals surface area contributed by atoms with Crippen molar-refractivity contribution in [3.63, 3.8) is 0 Å². The lowest BCUT2D eigenvalue weighted by Crippen LogP contribution is -2.48. The molecular weight excluding hydrogens is 340 g/mol. The van der Waals surface area contributed by atoms with Gasteiger partial charge in [-0.1, -0.05) is 35.5 Å². The molecule has 1 aromatic heterocycles. The highest BCUT2D eigenvalue weighted by molar-refractivity contribution is 6.26. The standard InChI is InChI=1S/C19H20N2O3.ClH/c1-14-11-16(24-20-14)12-21-9-7-19(8-10-21)18(22)17(13-23-19)15-5-3-2-4-6-15;/h2-6,11,13H,7-10,12H2,1H3;1H. The number of ether oxygens (including phenoxy) is 1. The van der Waals surface area contributed by atoms with Gasteiger partial charge in [0.15, 0.2) is 11.4 Å². The first-order chi connectivity index (χ1) is 11.7. The van der Waals surface area contributed by atoms with Crippen LogP contribution in [0.1, 0.15) is 29.9 Å². The lowest BCUT2D eigenvalue weighted by molar-refractivity contribution is -0.133. The maximum absolute atomic E-state index is 12.9. The van der Waals surface area contributed by atoms with Gasteiger partial charge in [-0.3, -0.25) is 9.69 Å². The topological polar surface area (TPSA) is 55.6 Å². The fraction of sp³-hybridized carbons (Fsp3) is 0.368. The van der Waals surface area contributed by atoms with Crippen LogP contribution in [0.15, 0.2) is 47.2 Å². The van der Waals surface area contributed by atoms with Crippen LogP contribution in [0.4, 0.5) is 0 Å². The monoisotopic (exact) mass is 360 g/mol. The molecule has 0 atom stereocenters. The van der Waals surface area contributed by atoms with Crippen molar-refractivity contribution in [2.45, 2.75) is 31.9 Å². The molecule has 2 aliphatic heterocycles. The van der Waals surface area contributed by atoms with Crippen LogP contribution in [0, 0.1) is 6.92 Å². The largest absolute Gasteiger partial charge is 0.486 e. The highest BCUT2D eigenvalue weighted by atomic mass is 35.5. The van der Waals surface area contributed by atoms with E-state index in [1.807, 2.05) is 43.3 Å². The Hall–Kier alpha value is -2.11. The van der Waals surface area contributed by atoms with Crippen molar-refractivity contribution in [2.75, 3.05) is 13.1 Å². The van der Waals surface area contributed by atoms with Crippen molar-refractivity contribution in [3.8, 4) is 0 Å². The zero-order valence-electron chi connectivity index (χ0n) is 14.1. The van der Waals surface area contributed by atoms with Crippen molar-refractivity contribution in [3.05, 3.63) is 59.7 Å². The molecule has 132 valence electrons. The van der Waals surface area contributed by atoms with Crippen molar-refractivity contribution < 1.29 is 14.1 Å². The van der Waals surface area contributed by atoms with Crippen molar-refractivity contribution >= 4 is 23.8 Å². The molecule has 0 aliphatic carbocycles. The summed E-state index contributed by atoms with van der Waals surface area (Å²) in [5.41, 5.74) is 1.83. The Labute approximate surface area is 153 Å². The second-order valence-corrected chi connectivity index (χ2v) is 6.55. The van der Waals surface area contributed by atoms with Crippen LogP contribution >= 0.6 is 12.4 Å². The van der Waals surface area contributed by atoms with Crippen LogP contribution in [0.5, 0.6) is 0 Å². The number of Topliss-reactive ketones (excluding diaryl/α,β-unsaturated/α-hetero) is 1. The Balaban J connectivity index is 0.00000182. The third-order valence-electron chi connectivity index (χ3n) is 4.87. The number of benzene rings is 1. The SMILES string of the molecule is Cc1cc(CN2CCC3(CC2)OC=C(c2ccccc2)C3=O)on1.Cl. The van der Waals surface area contributed by atoms with Gasteiger partial charge in [0.1, 0.15) is 0 Å². The molecule has 0 bridgehead atoms. The number of aromatic nitrogens is 1. The smallest absolute Gasteiger partial charge is 0.210 e. The molecule has 6 heteroatoms. The number of carbonyl (C=O) groups excluding carboxylic acids is 1. The predicted octanol–water partition coefficient (Wildman–Crippen LogP) is 3.38. The Morgan fingerprint density at radius 3 is 2.56 bits per heavy atom. The summed E-state index contributed by atoms with van der Waals surface area (Å²) in [7, 11) is 0. The van der Waals surface area contributed by atoms with Gasteiger partial charge in [0.05, 0.1) is 24.1 Å². The number of rotatable bonds is 3. The molecule has 1 saturated heterocycles. The fourth-order valence-corrected chi connectivity index (χ4v) is 3.47. The first-order valence-electron chi connectivity index (χ1n) is 8.29. The third-order valence-corrected chi connectivity index (χ3v) is 4.87. The maximum atomic E-state index is 12.9. The van der Waals surface area contributed by atoms with Crippen LogP contribution in [-0.2, 0) is 16.1 Å². The highest BCUT2D eigenvalue weighted by Gasteiger charge is 2.48. The lowest BCUT2D eigenvalue weighted by atomic mass is 9.84. The highest BCUT2D eigenvalue weighted by Crippen LogP contribution is 2.38. The van der Waals surface area contributed by atoms with E-state index in [-0.39, 0.29) is 18.2 Å². The number of halogens is 1. The number of carbonyl (C=O) groups is 1. The van der Waals surface area contributed by atoms with E-state index in [4.69, 9.17) is 9.26 Å². The fourth-order valence-electron chi connectivity index (χ4n) is 3.47. The molecule has 1 fully saturated rings. The lowest BCUT2D eigenvalue weighted by Gasteiger charge is -2.37. The van der Waals surface area contributed by atoms with Crippen LogP contribution in [-0.4, -0.2) is 34.5 Å². The molecule has 1 spiro atoms. The van der Waals surface area contributed by atoms with Gasteiger partial charge in [0.2, 0.25) is 5.78 Å². The first-order valence-corrected chi connectivity index (χ1v) is 8.29. The van der Waals surface area contributed by atoms with E-state index in [0.29, 0.717) is 18.4 Å². The van der Waals surface area contributed by atoms with E-state index in [1.165, 1.54) is 0 Å². The quantitative estimate of drug-likeness (QED) is 0.839. The van der Waals surface area contributed by atoms with E-state index in [9.17, 15) is 4.79 Å². The minimum atomic E-state index is -0.682. The van der Waals surface area contributed by atoms with Crippen LogP contribution in [0.3, 0.4) is 0 Å². The van der Waals surface area contributed by atoms with E-state index >= 15 is 0 Å². The average molecular weight is 361 g/mol. The van der Waals surface area contributed by atoms with E-state index in [0.717, 1.165) is 36.7 Å². The summed E-state index contributed by atoms with van der Waals surface area (Å²) in [6.07, 6.45) is 3.05. The van der Waals surface area contributed by atoms with E-state index < -0.39 is 5.60 Å². The van der Waals surface area contributed by atoms with E-state index in [2.05, 4.69) is 10.1 Å². The summed E-state index contributed by atoms with van der Waals surface area (Å²) in [4.78, 5) is 15.2. The average Bonchev–Trinajstić information content (AvgIpc) is 3.15. The van der Waals surface area contributed by atoms with Crippen molar-refractivity contribution in [1.82, 2.24) is 10.1 Å². The van der Waals surface area contributed by atoms with Crippen molar-refractivity contribution in [2.24, 2.45) is 0 Å². The van der Waals surface area contributed by atoms with Gasteiger partial charge < -0.3 is 9.26 Å². The summed E-state index contributed by atoms with van der Waals surface area (Å²) in [5, 5.41) is 3.92. The molecule has 0 saturated carbocycles. The van der Waals surface area contributed by atoms with E-state index in [1.54, 1.807) is 6.26 Å². The van der Waals surface area contributed by atoms with Gasteiger partial charge in [0, 0.05) is 32.0 Å². The molecule has 2 aliphatic rings. The van der Waals surface area contributed by atoms with Gasteiger partial charge in [-0.2, -0.15) is 0 Å². The third kappa shape index (κ3) is 3.34. The summed E-state index contributed by atoms with van der Waals surface area (Å²) < 4.78 is 11.2. The molecule has 0 unspecified atom stereocenters. The minimum Gasteiger partial charge on any atom is -0.486 e. The predicted molar refractivity (Wildman–Crippen MR) is 96.2 cm³/mol. The molecule has 0 N–H and O–H groups in total. The maximum Gasteiger partial charge on any atom is 0.210 e. The molecule has 25 heavy (non-hydrogen) atoms. The number of hydrogen-bond acceptors (Lipinski definition) is 5. The minimum absolute atomic E-state index is 0. The van der Waals surface area contributed by atoms with Gasteiger partial charge in [-0.25, -0.2) is 0 Å². The van der Waals surface area contributed by atoms with Gasteiger partial charge in [0.25, 0.3) is 0 Å². The number of likely N-dealkylation sites (tertiary alicyclic amines) is 1. The molecule has 5 nitrogen and oxygen atoms in total. The molecule has 0 amide bonds. The second kappa shape index (κ2) is 7.02. The molecule has 1 aromatic carbocycles. The number of nitrogens with zero attached hydrogens (tertiary/aromatic N) is 2. The Morgan fingerprint density at radius 2 is 1.92 bits per heavy atom. The normalized spacial score (nSPS) is 19.4. The summed E-state index contributed by atoms with van der Waals surface area (Å²) in [6, 6.07) is 11.7. The van der Waals surface area contributed by atoms with Crippen LogP contribution < -0.4 is 0 Å². The Morgan fingerprint density at radius 1 is 1.20 bits per heavy atom. The van der Waals surface area contributed by atoms with Gasteiger partial charge in [-0.15, -0.1) is 12.4 Å². The molecular formula is C19H21ClN2O3. The second-order valence-electron chi connectivity index (χ2n) is 6.55. The Bertz CT molecular complexity index is 777. The number of aryl methyl sites for hydroxylation is 1. The molecule has 3 heterocycles. The zero-order valence-corrected chi connectivity index (χ0v) is 14.9. The Kier molecular flexibility index (Phi) is 4.97. The molecule has 4 rings (SSSR count). The number of ketones is 1. The summed E-state index contributed by atoms with van der Waals surface area (Å²) >= 11 is 0. The summed E-state index contributed by atoms with van der Waals surface area (Å²) in [6.45, 7) is 4.26.